The fraction of sp³-hybridized carbons (Fsp3) is 0.571. The van der Waals surface area contributed by atoms with Crippen molar-refractivity contribution in [3.8, 4) is 0 Å². The molecule has 18 heavy (non-hydrogen) atoms. The topological polar surface area (TPSA) is 30.5 Å². The number of hydrogen-bond donors (Lipinski definition) is 1. The molecule has 1 N–H and O–H groups in total. The lowest BCUT2D eigenvalue weighted by Gasteiger charge is -2.18. The van der Waals surface area contributed by atoms with E-state index < -0.39 is 0 Å². The van der Waals surface area contributed by atoms with Gasteiger partial charge >= 0.3 is 0 Å². The minimum absolute atomic E-state index is 0.0306. The van der Waals surface area contributed by atoms with Gasteiger partial charge in [0, 0.05) is 32.7 Å². The van der Waals surface area contributed by atoms with Crippen LogP contribution in [-0.4, -0.2) is 40.0 Å². The summed E-state index contributed by atoms with van der Waals surface area (Å²) in [6.45, 7) is 5.20. The summed E-state index contributed by atoms with van der Waals surface area (Å²) in [6, 6.07) is 6.86. The Labute approximate surface area is 108 Å². The van der Waals surface area contributed by atoms with Gasteiger partial charge < -0.3 is 14.8 Å². The Hall–Kier alpha value is -0.970. The highest BCUT2D eigenvalue weighted by atomic mass is 19.1. The Kier molecular flexibility index (Phi) is 7.57. The van der Waals surface area contributed by atoms with Crippen molar-refractivity contribution in [2.24, 2.45) is 0 Å². The highest BCUT2D eigenvalue weighted by Gasteiger charge is 2.15. The SMILES string of the molecule is CCOCC(CNCCOC)c1ccccc1F. The molecule has 0 aliphatic carbocycles. The number of ether oxygens (including phenoxy) is 2. The summed E-state index contributed by atoms with van der Waals surface area (Å²) in [4.78, 5) is 0. The molecule has 0 saturated carbocycles. The zero-order valence-electron chi connectivity index (χ0n) is 11.1. The smallest absolute Gasteiger partial charge is 0.126 e. The van der Waals surface area contributed by atoms with Crippen LogP contribution in [0.3, 0.4) is 0 Å². The molecule has 0 fully saturated rings. The molecule has 4 heteroatoms. The standard InChI is InChI=1S/C14H22FNO2/c1-3-18-11-12(10-16-8-9-17-2)13-6-4-5-7-14(13)15/h4-7,12,16H,3,8-11H2,1-2H3. The molecule has 0 saturated heterocycles. The lowest BCUT2D eigenvalue weighted by molar-refractivity contribution is 0.129. The van der Waals surface area contributed by atoms with Crippen molar-refractivity contribution >= 4 is 0 Å². The Balaban J connectivity index is 2.57. The second-order valence-electron chi connectivity index (χ2n) is 4.07. The second kappa shape index (κ2) is 9.03. The van der Waals surface area contributed by atoms with E-state index in [9.17, 15) is 4.39 Å². The number of halogens is 1. The van der Waals surface area contributed by atoms with Crippen molar-refractivity contribution in [3.05, 3.63) is 35.6 Å². The number of benzene rings is 1. The van der Waals surface area contributed by atoms with Crippen LogP contribution in [0.4, 0.5) is 4.39 Å². The highest BCUT2D eigenvalue weighted by Crippen LogP contribution is 2.19. The second-order valence-corrected chi connectivity index (χ2v) is 4.07. The van der Waals surface area contributed by atoms with Crippen LogP contribution in [0.15, 0.2) is 24.3 Å². The van der Waals surface area contributed by atoms with Crippen molar-refractivity contribution < 1.29 is 13.9 Å². The van der Waals surface area contributed by atoms with Crippen molar-refractivity contribution in [1.29, 1.82) is 0 Å². The first-order chi connectivity index (χ1) is 8.79. The van der Waals surface area contributed by atoms with Gasteiger partial charge in [-0.15, -0.1) is 0 Å². The Bertz CT molecular complexity index is 333. The molecule has 1 aromatic rings. The van der Waals surface area contributed by atoms with E-state index in [2.05, 4.69) is 5.32 Å². The van der Waals surface area contributed by atoms with Crippen molar-refractivity contribution in [3.63, 3.8) is 0 Å². The fourth-order valence-corrected chi connectivity index (χ4v) is 1.78. The first kappa shape index (κ1) is 15.1. The number of rotatable bonds is 9. The third kappa shape index (κ3) is 5.12. The molecule has 1 aromatic carbocycles. The summed E-state index contributed by atoms with van der Waals surface area (Å²) in [5, 5.41) is 3.25. The summed E-state index contributed by atoms with van der Waals surface area (Å²) in [6.07, 6.45) is 0. The van der Waals surface area contributed by atoms with Crippen molar-refractivity contribution in [2.75, 3.05) is 40.0 Å². The van der Waals surface area contributed by atoms with Gasteiger partial charge in [-0.25, -0.2) is 4.39 Å². The van der Waals surface area contributed by atoms with Crippen LogP contribution in [0.5, 0.6) is 0 Å². The molecule has 0 amide bonds. The van der Waals surface area contributed by atoms with Gasteiger partial charge in [0.2, 0.25) is 0 Å². The van der Waals surface area contributed by atoms with Crippen molar-refractivity contribution in [1.82, 2.24) is 5.32 Å². The van der Waals surface area contributed by atoms with Crippen LogP contribution >= 0.6 is 0 Å². The van der Waals surface area contributed by atoms with E-state index >= 15 is 0 Å². The fourth-order valence-electron chi connectivity index (χ4n) is 1.78. The Morgan fingerprint density at radius 2 is 2.11 bits per heavy atom. The molecule has 0 radical (unpaired) electrons. The molecule has 1 atom stereocenters. The predicted molar refractivity (Wildman–Crippen MR) is 70.4 cm³/mol. The largest absolute Gasteiger partial charge is 0.383 e. The van der Waals surface area contributed by atoms with Crippen LogP contribution in [0.2, 0.25) is 0 Å². The maximum absolute atomic E-state index is 13.7. The van der Waals surface area contributed by atoms with Gasteiger partial charge in [-0.2, -0.15) is 0 Å². The third-order valence-electron chi connectivity index (χ3n) is 2.74. The quantitative estimate of drug-likeness (QED) is 0.686. The van der Waals surface area contributed by atoms with E-state index in [4.69, 9.17) is 9.47 Å². The molecule has 102 valence electrons. The van der Waals surface area contributed by atoms with Crippen LogP contribution < -0.4 is 5.32 Å². The van der Waals surface area contributed by atoms with E-state index in [1.54, 1.807) is 13.2 Å². The predicted octanol–water partition coefficient (Wildman–Crippen LogP) is 2.18. The lowest BCUT2D eigenvalue weighted by Crippen LogP contribution is -2.28. The van der Waals surface area contributed by atoms with Gasteiger partial charge in [-0.1, -0.05) is 18.2 Å². The molecule has 0 spiro atoms. The summed E-state index contributed by atoms with van der Waals surface area (Å²) in [5.41, 5.74) is 0.705. The van der Waals surface area contributed by atoms with Gasteiger partial charge in [0.05, 0.1) is 13.2 Å². The molecule has 0 aromatic heterocycles. The van der Waals surface area contributed by atoms with E-state index in [1.165, 1.54) is 6.07 Å². The molecule has 3 nitrogen and oxygen atoms in total. The maximum Gasteiger partial charge on any atom is 0.126 e. The number of nitrogens with one attached hydrogen (secondary N) is 1. The van der Waals surface area contributed by atoms with E-state index in [0.29, 0.717) is 31.9 Å². The molecule has 0 aliphatic heterocycles. The van der Waals surface area contributed by atoms with Gasteiger partial charge in [0.15, 0.2) is 0 Å². The molecule has 0 aliphatic rings. The average molecular weight is 255 g/mol. The van der Waals surface area contributed by atoms with Crippen LogP contribution in [-0.2, 0) is 9.47 Å². The van der Waals surface area contributed by atoms with Gasteiger partial charge in [0.1, 0.15) is 5.82 Å². The van der Waals surface area contributed by atoms with Crippen LogP contribution in [0.25, 0.3) is 0 Å². The summed E-state index contributed by atoms with van der Waals surface area (Å²) < 4.78 is 24.1. The molecule has 0 heterocycles. The zero-order valence-corrected chi connectivity index (χ0v) is 11.1. The number of hydrogen-bond acceptors (Lipinski definition) is 3. The monoisotopic (exact) mass is 255 g/mol. The zero-order chi connectivity index (χ0) is 13.2. The molecular weight excluding hydrogens is 233 g/mol. The minimum atomic E-state index is -0.171. The normalized spacial score (nSPS) is 12.6. The first-order valence-electron chi connectivity index (χ1n) is 6.31. The van der Waals surface area contributed by atoms with E-state index in [1.807, 2.05) is 19.1 Å². The minimum Gasteiger partial charge on any atom is -0.383 e. The van der Waals surface area contributed by atoms with Crippen LogP contribution in [0, 0.1) is 5.82 Å². The van der Waals surface area contributed by atoms with E-state index in [0.717, 1.165) is 6.54 Å². The number of methoxy groups -OCH3 is 1. The summed E-state index contributed by atoms with van der Waals surface area (Å²) in [7, 11) is 1.66. The van der Waals surface area contributed by atoms with Gasteiger partial charge in [0.25, 0.3) is 0 Å². The van der Waals surface area contributed by atoms with Crippen LogP contribution in [0.1, 0.15) is 18.4 Å². The highest BCUT2D eigenvalue weighted by molar-refractivity contribution is 5.22. The van der Waals surface area contributed by atoms with Gasteiger partial charge in [-0.3, -0.25) is 0 Å². The van der Waals surface area contributed by atoms with Gasteiger partial charge in [-0.05, 0) is 18.6 Å². The molecule has 1 rings (SSSR count). The lowest BCUT2D eigenvalue weighted by atomic mass is 9.99. The molecule has 1 unspecified atom stereocenters. The first-order valence-corrected chi connectivity index (χ1v) is 6.31. The molecular formula is C14H22FNO2. The van der Waals surface area contributed by atoms with E-state index in [-0.39, 0.29) is 11.7 Å². The third-order valence-corrected chi connectivity index (χ3v) is 2.74. The molecule has 0 bridgehead atoms. The van der Waals surface area contributed by atoms with Crippen molar-refractivity contribution in [2.45, 2.75) is 12.8 Å². The summed E-state index contributed by atoms with van der Waals surface area (Å²) in [5.74, 6) is -0.140. The Morgan fingerprint density at radius 1 is 1.33 bits per heavy atom. The average Bonchev–Trinajstić information content (AvgIpc) is 2.39. The Morgan fingerprint density at radius 3 is 2.78 bits per heavy atom. The maximum atomic E-state index is 13.7. The summed E-state index contributed by atoms with van der Waals surface area (Å²) >= 11 is 0.